The zero-order valence-corrected chi connectivity index (χ0v) is 11.4. The average molecular weight is 280 g/mol. The van der Waals surface area contributed by atoms with Gasteiger partial charge in [0.1, 0.15) is 5.75 Å². The van der Waals surface area contributed by atoms with Gasteiger partial charge in [0.25, 0.3) is 0 Å². The Balaban J connectivity index is 2.25. The standard InChI is InChI=1S/C15H15ClFNO/c1-10-2-4-13(17)15(8-10)19-14-5-3-11(6-7-18)9-12(14)16/h2-5,8-9H,6-7,18H2,1H3. The molecule has 0 spiro atoms. The molecule has 0 radical (unpaired) electrons. The molecule has 2 nitrogen and oxygen atoms in total. The van der Waals surface area contributed by atoms with Crippen molar-refractivity contribution in [2.45, 2.75) is 13.3 Å². The number of aryl methyl sites for hydroxylation is 1. The Morgan fingerprint density at radius 2 is 1.95 bits per heavy atom. The molecular weight excluding hydrogens is 265 g/mol. The molecule has 2 aromatic rings. The highest BCUT2D eigenvalue weighted by atomic mass is 35.5. The molecule has 2 N–H and O–H groups in total. The van der Waals surface area contributed by atoms with Gasteiger partial charge in [0.05, 0.1) is 5.02 Å². The van der Waals surface area contributed by atoms with Gasteiger partial charge in [-0.3, -0.25) is 0 Å². The summed E-state index contributed by atoms with van der Waals surface area (Å²) in [6.45, 7) is 2.43. The van der Waals surface area contributed by atoms with E-state index in [-0.39, 0.29) is 5.75 Å². The van der Waals surface area contributed by atoms with Crippen molar-refractivity contribution in [3.8, 4) is 11.5 Å². The van der Waals surface area contributed by atoms with Gasteiger partial charge in [-0.15, -0.1) is 0 Å². The molecule has 0 bridgehead atoms. The van der Waals surface area contributed by atoms with Crippen LogP contribution in [-0.2, 0) is 6.42 Å². The number of ether oxygens (including phenoxy) is 1. The first-order valence-electron chi connectivity index (χ1n) is 6.02. The number of hydrogen-bond donors (Lipinski definition) is 1. The molecule has 0 unspecified atom stereocenters. The highest BCUT2D eigenvalue weighted by molar-refractivity contribution is 6.32. The average Bonchev–Trinajstić information content (AvgIpc) is 2.37. The van der Waals surface area contributed by atoms with E-state index in [1.54, 1.807) is 24.3 Å². The van der Waals surface area contributed by atoms with Crippen molar-refractivity contribution in [3.05, 3.63) is 58.4 Å². The first-order valence-corrected chi connectivity index (χ1v) is 6.40. The Hall–Kier alpha value is -1.58. The van der Waals surface area contributed by atoms with Crippen LogP contribution < -0.4 is 10.5 Å². The topological polar surface area (TPSA) is 35.2 Å². The minimum absolute atomic E-state index is 0.175. The van der Waals surface area contributed by atoms with Crippen LogP contribution in [-0.4, -0.2) is 6.54 Å². The zero-order chi connectivity index (χ0) is 13.8. The summed E-state index contributed by atoms with van der Waals surface area (Å²) < 4.78 is 19.1. The minimum atomic E-state index is -0.410. The van der Waals surface area contributed by atoms with Crippen molar-refractivity contribution < 1.29 is 9.13 Å². The van der Waals surface area contributed by atoms with E-state index in [1.807, 2.05) is 13.0 Å². The van der Waals surface area contributed by atoms with E-state index in [9.17, 15) is 4.39 Å². The summed E-state index contributed by atoms with van der Waals surface area (Å²) in [5.41, 5.74) is 7.44. The van der Waals surface area contributed by atoms with E-state index < -0.39 is 5.82 Å². The van der Waals surface area contributed by atoms with Crippen molar-refractivity contribution in [3.63, 3.8) is 0 Å². The normalized spacial score (nSPS) is 10.5. The lowest BCUT2D eigenvalue weighted by Gasteiger charge is -2.10. The molecule has 0 heterocycles. The number of benzene rings is 2. The van der Waals surface area contributed by atoms with E-state index in [2.05, 4.69) is 0 Å². The van der Waals surface area contributed by atoms with E-state index in [0.29, 0.717) is 17.3 Å². The predicted octanol–water partition coefficient (Wildman–Crippen LogP) is 4.08. The largest absolute Gasteiger partial charge is 0.453 e. The van der Waals surface area contributed by atoms with Gasteiger partial charge >= 0.3 is 0 Å². The first kappa shape index (κ1) is 13.8. The fraction of sp³-hybridized carbons (Fsp3) is 0.200. The van der Waals surface area contributed by atoms with Gasteiger partial charge in [0.2, 0.25) is 0 Å². The second-order valence-corrected chi connectivity index (χ2v) is 4.75. The maximum Gasteiger partial charge on any atom is 0.165 e. The van der Waals surface area contributed by atoms with Crippen molar-refractivity contribution in [2.75, 3.05) is 6.54 Å². The quantitative estimate of drug-likeness (QED) is 0.915. The summed E-state index contributed by atoms with van der Waals surface area (Å²) in [5, 5.41) is 0.451. The molecule has 4 heteroatoms. The molecule has 0 aliphatic heterocycles. The Kier molecular flexibility index (Phi) is 4.40. The Morgan fingerprint density at radius 3 is 2.63 bits per heavy atom. The molecule has 100 valence electrons. The fourth-order valence-electron chi connectivity index (χ4n) is 1.76. The molecule has 19 heavy (non-hydrogen) atoms. The van der Waals surface area contributed by atoms with E-state index >= 15 is 0 Å². The lowest BCUT2D eigenvalue weighted by Crippen LogP contribution is -2.02. The van der Waals surface area contributed by atoms with Crippen LogP contribution in [0.25, 0.3) is 0 Å². The highest BCUT2D eigenvalue weighted by Crippen LogP contribution is 2.32. The molecular formula is C15H15ClFNO. The van der Waals surface area contributed by atoms with Gasteiger partial charge in [-0.05, 0) is 55.3 Å². The molecule has 0 aliphatic rings. The number of rotatable bonds is 4. The fourth-order valence-corrected chi connectivity index (χ4v) is 2.00. The lowest BCUT2D eigenvalue weighted by molar-refractivity contribution is 0.442. The number of hydrogen-bond acceptors (Lipinski definition) is 2. The monoisotopic (exact) mass is 279 g/mol. The third-order valence-corrected chi connectivity index (χ3v) is 3.03. The summed E-state index contributed by atoms with van der Waals surface area (Å²) in [6, 6.07) is 10.1. The van der Waals surface area contributed by atoms with Crippen LogP contribution in [0.4, 0.5) is 4.39 Å². The summed E-state index contributed by atoms with van der Waals surface area (Å²) in [7, 11) is 0. The molecule has 0 amide bonds. The summed E-state index contributed by atoms with van der Waals surface area (Å²) >= 11 is 6.12. The third kappa shape index (κ3) is 3.46. The molecule has 0 atom stereocenters. The zero-order valence-electron chi connectivity index (χ0n) is 10.6. The van der Waals surface area contributed by atoms with Crippen LogP contribution in [0.5, 0.6) is 11.5 Å². The van der Waals surface area contributed by atoms with Crippen molar-refractivity contribution in [1.82, 2.24) is 0 Å². The Labute approximate surface area is 117 Å². The molecule has 0 saturated carbocycles. The van der Waals surface area contributed by atoms with Crippen LogP contribution in [0.3, 0.4) is 0 Å². The van der Waals surface area contributed by atoms with Crippen molar-refractivity contribution in [1.29, 1.82) is 0 Å². The van der Waals surface area contributed by atoms with Crippen LogP contribution >= 0.6 is 11.6 Å². The van der Waals surface area contributed by atoms with Crippen LogP contribution in [0.15, 0.2) is 36.4 Å². The Morgan fingerprint density at radius 1 is 1.16 bits per heavy atom. The molecule has 0 fully saturated rings. The smallest absolute Gasteiger partial charge is 0.165 e. The van der Waals surface area contributed by atoms with Crippen molar-refractivity contribution in [2.24, 2.45) is 5.73 Å². The minimum Gasteiger partial charge on any atom is -0.453 e. The number of nitrogens with two attached hydrogens (primary N) is 1. The van der Waals surface area contributed by atoms with Crippen LogP contribution in [0.1, 0.15) is 11.1 Å². The lowest BCUT2D eigenvalue weighted by atomic mass is 10.1. The van der Waals surface area contributed by atoms with E-state index in [0.717, 1.165) is 17.5 Å². The summed E-state index contributed by atoms with van der Waals surface area (Å²) in [6.07, 6.45) is 0.749. The maximum absolute atomic E-state index is 13.6. The summed E-state index contributed by atoms with van der Waals surface area (Å²) in [4.78, 5) is 0. The summed E-state index contributed by atoms with van der Waals surface area (Å²) in [5.74, 6) is 0.202. The van der Waals surface area contributed by atoms with Gasteiger partial charge in [0.15, 0.2) is 11.6 Å². The molecule has 0 aliphatic carbocycles. The van der Waals surface area contributed by atoms with E-state index in [1.165, 1.54) is 6.07 Å². The predicted molar refractivity (Wildman–Crippen MR) is 75.4 cm³/mol. The molecule has 2 aromatic carbocycles. The van der Waals surface area contributed by atoms with Crippen LogP contribution in [0, 0.1) is 12.7 Å². The van der Waals surface area contributed by atoms with Crippen LogP contribution in [0.2, 0.25) is 5.02 Å². The molecule has 2 rings (SSSR count). The molecule has 0 aromatic heterocycles. The SMILES string of the molecule is Cc1ccc(F)c(Oc2ccc(CCN)cc2Cl)c1. The maximum atomic E-state index is 13.6. The highest BCUT2D eigenvalue weighted by Gasteiger charge is 2.08. The third-order valence-electron chi connectivity index (χ3n) is 2.74. The second-order valence-electron chi connectivity index (χ2n) is 4.34. The molecule has 0 saturated heterocycles. The van der Waals surface area contributed by atoms with Gasteiger partial charge < -0.3 is 10.5 Å². The van der Waals surface area contributed by atoms with Crippen molar-refractivity contribution >= 4 is 11.6 Å². The van der Waals surface area contributed by atoms with Gasteiger partial charge in [-0.1, -0.05) is 23.7 Å². The van der Waals surface area contributed by atoms with Gasteiger partial charge in [-0.25, -0.2) is 4.39 Å². The van der Waals surface area contributed by atoms with Gasteiger partial charge in [-0.2, -0.15) is 0 Å². The second kappa shape index (κ2) is 6.04. The Bertz CT molecular complexity index is 586. The van der Waals surface area contributed by atoms with Gasteiger partial charge in [0, 0.05) is 0 Å². The van der Waals surface area contributed by atoms with E-state index in [4.69, 9.17) is 22.1 Å². The first-order chi connectivity index (χ1) is 9.10. The number of halogens is 2.